The van der Waals surface area contributed by atoms with Crippen LogP contribution in [0.1, 0.15) is 55.0 Å². The smallest absolute Gasteiger partial charge is 0.249 e. The highest BCUT2D eigenvalue weighted by Gasteiger charge is 2.37. The van der Waals surface area contributed by atoms with Gasteiger partial charge in [-0.1, -0.05) is 12.1 Å². The van der Waals surface area contributed by atoms with E-state index in [9.17, 15) is 13.6 Å². The standard InChI is InChI=1S/C23H26F2N2O2/c1-15-19(13-21(25)14-26-15)12-16-2-4-18(5-3-16)23(28)27-22(10-11-29-27)17-6-8-20(24)9-7-17/h6-9,13-14,16,18,22H,2-5,10-12H2,1H3/t16-,18-,22-/m0/s1. The van der Waals surface area contributed by atoms with Crippen LogP contribution in [0.4, 0.5) is 8.78 Å². The molecule has 1 aliphatic carbocycles. The Kier molecular flexibility index (Phi) is 5.90. The number of nitrogens with zero attached hydrogens (tertiary/aromatic N) is 2. The van der Waals surface area contributed by atoms with E-state index in [-0.39, 0.29) is 29.5 Å². The summed E-state index contributed by atoms with van der Waals surface area (Å²) >= 11 is 0. The molecule has 2 heterocycles. The summed E-state index contributed by atoms with van der Waals surface area (Å²) in [5.74, 6) is -0.174. The van der Waals surface area contributed by atoms with E-state index in [0.29, 0.717) is 12.5 Å². The van der Waals surface area contributed by atoms with Gasteiger partial charge in [-0.3, -0.25) is 14.6 Å². The van der Waals surface area contributed by atoms with E-state index in [1.165, 1.54) is 23.4 Å². The van der Waals surface area contributed by atoms with Crippen LogP contribution < -0.4 is 0 Å². The summed E-state index contributed by atoms with van der Waals surface area (Å²) in [6.07, 6.45) is 6.25. The van der Waals surface area contributed by atoms with Crippen molar-refractivity contribution in [2.24, 2.45) is 11.8 Å². The Bertz CT molecular complexity index is 864. The fourth-order valence-electron chi connectivity index (χ4n) is 4.53. The van der Waals surface area contributed by atoms with Crippen molar-refractivity contribution in [3.05, 3.63) is 65.0 Å². The van der Waals surface area contributed by atoms with Crippen molar-refractivity contribution in [2.45, 2.75) is 51.5 Å². The quantitative estimate of drug-likeness (QED) is 0.731. The van der Waals surface area contributed by atoms with Crippen molar-refractivity contribution in [1.29, 1.82) is 0 Å². The van der Waals surface area contributed by atoms with Crippen molar-refractivity contribution in [2.75, 3.05) is 6.61 Å². The molecule has 1 saturated heterocycles. The number of aryl methyl sites for hydroxylation is 1. The first-order valence-corrected chi connectivity index (χ1v) is 10.3. The van der Waals surface area contributed by atoms with E-state index in [4.69, 9.17) is 4.84 Å². The maximum atomic E-state index is 13.5. The lowest BCUT2D eigenvalue weighted by Gasteiger charge is -2.32. The molecule has 1 aromatic carbocycles. The van der Waals surface area contributed by atoms with E-state index in [0.717, 1.165) is 55.3 Å². The Morgan fingerprint density at radius 3 is 2.55 bits per heavy atom. The van der Waals surface area contributed by atoms with Gasteiger partial charge in [-0.05, 0) is 74.3 Å². The Balaban J connectivity index is 1.36. The van der Waals surface area contributed by atoms with Crippen LogP contribution in [0.2, 0.25) is 0 Å². The zero-order chi connectivity index (χ0) is 20.4. The summed E-state index contributed by atoms with van der Waals surface area (Å²) in [4.78, 5) is 22.8. The lowest BCUT2D eigenvalue weighted by molar-refractivity contribution is -0.183. The van der Waals surface area contributed by atoms with Gasteiger partial charge in [0.15, 0.2) is 0 Å². The van der Waals surface area contributed by atoms with Gasteiger partial charge in [-0.25, -0.2) is 13.8 Å². The van der Waals surface area contributed by atoms with E-state index in [1.54, 1.807) is 18.2 Å². The molecule has 0 N–H and O–H groups in total. The summed E-state index contributed by atoms with van der Waals surface area (Å²) in [5.41, 5.74) is 2.73. The number of hydrogen-bond acceptors (Lipinski definition) is 3. The molecule has 6 heteroatoms. The van der Waals surface area contributed by atoms with Gasteiger partial charge >= 0.3 is 0 Å². The zero-order valence-corrected chi connectivity index (χ0v) is 16.6. The molecule has 1 saturated carbocycles. The second-order valence-electron chi connectivity index (χ2n) is 8.17. The normalized spacial score (nSPS) is 24.7. The van der Waals surface area contributed by atoms with Crippen LogP contribution in [0, 0.1) is 30.4 Å². The van der Waals surface area contributed by atoms with Crippen LogP contribution >= 0.6 is 0 Å². The number of carbonyl (C=O) groups is 1. The third-order valence-corrected chi connectivity index (χ3v) is 6.24. The molecular formula is C23H26F2N2O2. The molecule has 2 aromatic rings. The van der Waals surface area contributed by atoms with Gasteiger partial charge in [-0.15, -0.1) is 0 Å². The largest absolute Gasteiger partial charge is 0.272 e. The number of hydrogen-bond donors (Lipinski definition) is 0. The fourth-order valence-corrected chi connectivity index (χ4v) is 4.53. The van der Waals surface area contributed by atoms with Crippen LogP contribution in [0.5, 0.6) is 0 Å². The molecule has 29 heavy (non-hydrogen) atoms. The Morgan fingerprint density at radius 2 is 1.83 bits per heavy atom. The summed E-state index contributed by atoms with van der Waals surface area (Å²) in [5, 5.41) is 1.51. The minimum Gasteiger partial charge on any atom is -0.272 e. The van der Waals surface area contributed by atoms with E-state index < -0.39 is 0 Å². The molecule has 1 atom stereocenters. The van der Waals surface area contributed by atoms with E-state index >= 15 is 0 Å². The molecule has 2 aliphatic rings. The Morgan fingerprint density at radius 1 is 1.10 bits per heavy atom. The Hall–Kier alpha value is -2.34. The number of benzene rings is 1. The number of rotatable bonds is 4. The van der Waals surface area contributed by atoms with Crippen molar-refractivity contribution >= 4 is 5.91 Å². The molecule has 0 spiro atoms. The number of carbonyl (C=O) groups excluding carboxylic acids is 1. The van der Waals surface area contributed by atoms with Crippen molar-refractivity contribution in [3.63, 3.8) is 0 Å². The molecular weight excluding hydrogens is 374 g/mol. The first-order valence-electron chi connectivity index (χ1n) is 10.3. The topological polar surface area (TPSA) is 42.4 Å². The zero-order valence-electron chi connectivity index (χ0n) is 16.6. The second kappa shape index (κ2) is 8.57. The molecule has 4 rings (SSSR count). The monoisotopic (exact) mass is 400 g/mol. The molecule has 0 radical (unpaired) electrons. The van der Waals surface area contributed by atoms with Crippen molar-refractivity contribution in [3.8, 4) is 0 Å². The average molecular weight is 400 g/mol. The molecule has 2 fully saturated rings. The van der Waals surface area contributed by atoms with Gasteiger partial charge in [-0.2, -0.15) is 0 Å². The summed E-state index contributed by atoms with van der Waals surface area (Å²) in [6.45, 7) is 2.40. The van der Waals surface area contributed by atoms with E-state index in [1.807, 2.05) is 6.92 Å². The second-order valence-corrected chi connectivity index (χ2v) is 8.17. The van der Waals surface area contributed by atoms with Gasteiger partial charge in [0, 0.05) is 18.0 Å². The molecule has 1 amide bonds. The van der Waals surface area contributed by atoms with Crippen molar-refractivity contribution in [1.82, 2.24) is 10.0 Å². The molecule has 4 nitrogen and oxygen atoms in total. The fraction of sp³-hybridized carbons (Fsp3) is 0.478. The van der Waals surface area contributed by atoms with Gasteiger partial charge in [0.2, 0.25) is 5.91 Å². The van der Waals surface area contributed by atoms with Gasteiger partial charge in [0.25, 0.3) is 0 Å². The maximum absolute atomic E-state index is 13.5. The minimum atomic E-state index is -0.299. The van der Waals surface area contributed by atoms with Gasteiger partial charge in [0.05, 0.1) is 18.8 Å². The number of halogens is 2. The highest BCUT2D eigenvalue weighted by molar-refractivity contribution is 5.78. The van der Waals surface area contributed by atoms with Crippen LogP contribution in [0.3, 0.4) is 0 Å². The minimum absolute atomic E-state index is 0.0267. The lowest BCUT2D eigenvalue weighted by atomic mass is 9.78. The third-order valence-electron chi connectivity index (χ3n) is 6.24. The van der Waals surface area contributed by atoms with Crippen LogP contribution in [-0.4, -0.2) is 22.6 Å². The highest BCUT2D eigenvalue weighted by Crippen LogP contribution is 2.37. The predicted molar refractivity (Wildman–Crippen MR) is 105 cm³/mol. The molecule has 154 valence electrons. The highest BCUT2D eigenvalue weighted by atomic mass is 19.1. The van der Waals surface area contributed by atoms with Crippen LogP contribution in [-0.2, 0) is 16.1 Å². The van der Waals surface area contributed by atoms with Crippen molar-refractivity contribution < 1.29 is 18.4 Å². The predicted octanol–water partition coefficient (Wildman–Crippen LogP) is 4.92. The maximum Gasteiger partial charge on any atom is 0.249 e. The number of aromatic nitrogens is 1. The molecule has 1 aromatic heterocycles. The average Bonchev–Trinajstić information content (AvgIpc) is 3.21. The SMILES string of the molecule is Cc1ncc(F)cc1C[C@H]1CC[C@H](C(=O)N2OCC[C@H]2c2ccc(F)cc2)CC1. The Labute approximate surface area is 169 Å². The summed E-state index contributed by atoms with van der Waals surface area (Å²) in [6, 6.07) is 7.71. The number of pyridine rings is 1. The third kappa shape index (κ3) is 4.47. The van der Waals surface area contributed by atoms with Gasteiger partial charge in [0.1, 0.15) is 11.6 Å². The molecule has 0 bridgehead atoms. The van der Waals surface area contributed by atoms with Crippen LogP contribution in [0.15, 0.2) is 36.5 Å². The summed E-state index contributed by atoms with van der Waals surface area (Å²) in [7, 11) is 0. The van der Waals surface area contributed by atoms with Crippen LogP contribution in [0.25, 0.3) is 0 Å². The van der Waals surface area contributed by atoms with Gasteiger partial charge < -0.3 is 0 Å². The number of amides is 1. The first kappa shape index (κ1) is 20.0. The number of hydroxylamine groups is 2. The summed E-state index contributed by atoms with van der Waals surface area (Å²) < 4.78 is 26.7. The molecule has 0 unspecified atom stereocenters. The first-order chi connectivity index (χ1) is 14.0. The van der Waals surface area contributed by atoms with E-state index in [2.05, 4.69) is 4.98 Å². The molecule has 1 aliphatic heterocycles. The lowest BCUT2D eigenvalue weighted by Crippen LogP contribution is -2.36.